The van der Waals surface area contributed by atoms with Crippen LogP contribution in [-0.4, -0.2) is 26.4 Å². The van der Waals surface area contributed by atoms with Crippen LogP contribution in [0.5, 0.6) is 5.75 Å². The minimum absolute atomic E-state index is 0.0883. The Labute approximate surface area is 97.8 Å². The van der Waals surface area contributed by atoms with E-state index in [1.807, 2.05) is 24.3 Å². The summed E-state index contributed by atoms with van der Waals surface area (Å²) in [7, 11) is 3.42. The number of nitrogens with one attached hydrogen (secondary N) is 1. The van der Waals surface area contributed by atoms with Gasteiger partial charge in [-0.1, -0.05) is 12.1 Å². The minimum atomic E-state index is -0.0883. The van der Waals surface area contributed by atoms with E-state index in [2.05, 4.69) is 19.2 Å². The Balaban J connectivity index is 2.49. The lowest BCUT2D eigenvalue weighted by molar-refractivity contribution is 0.0185. The van der Waals surface area contributed by atoms with Gasteiger partial charge < -0.3 is 14.8 Å². The van der Waals surface area contributed by atoms with E-state index >= 15 is 0 Å². The minimum Gasteiger partial charge on any atom is -0.495 e. The van der Waals surface area contributed by atoms with Crippen molar-refractivity contribution in [3.05, 3.63) is 24.3 Å². The monoisotopic (exact) mass is 223 g/mol. The first-order chi connectivity index (χ1) is 7.59. The molecule has 0 unspecified atom stereocenters. The number of rotatable bonds is 6. The molecule has 0 saturated heterocycles. The van der Waals surface area contributed by atoms with Crippen LogP contribution in [0.4, 0.5) is 5.69 Å². The summed E-state index contributed by atoms with van der Waals surface area (Å²) in [5.74, 6) is 0.873. The Bertz CT molecular complexity index is 323. The van der Waals surface area contributed by atoms with Crippen molar-refractivity contribution in [3.8, 4) is 5.75 Å². The predicted octanol–water partition coefficient (Wildman–Crippen LogP) is 2.92. The molecule has 0 aliphatic carbocycles. The number of para-hydroxylation sites is 2. The molecule has 0 aliphatic heterocycles. The molecule has 0 radical (unpaired) electrons. The quantitative estimate of drug-likeness (QED) is 0.804. The van der Waals surface area contributed by atoms with Gasteiger partial charge in [0.15, 0.2) is 0 Å². The Hall–Kier alpha value is -1.22. The molecule has 0 saturated carbocycles. The highest BCUT2D eigenvalue weighted by Crippen LogP contribution is 2.23. The molecule has 0 aromatic heterocycles. The summed E-state index contributed by atoms with van der Waals surface area (Å²) in [6, 6.07) is 7.91. The topological polar surface area (TPSA) is 30.5 Å². The van der Waals surface area contributed by atoms with E-state index in [1.54, 1.807) is 14.2 Å². The standard InChI is InChI=1S/C13H21NO2/c1-13(2,16-4)9-10-14-11-7-5-6-8-12(11)15-3/h5-8,14H,9-10H2,1-4H3. The van der Waals surface area contributed by atoms with Crippen LogP contribution in [0.1, 0.15) is 20.3 Å². The fourth-order valence-electron chi connectivity index (χ4n) is 1.39. The van der Waals surface area contributed by atoms with Crippen molar-refractivity contribution in [1.82, 2.24) is 0 Å². The van der Waals surface area contributed by atoms with E-state index in [0.29, 0.717) is 0 Å². The van der Waals surface area contributed by atoms with Crippen LogP contribution in [0, 0.1) is 0 Å². The summed E-state index contributed by atoms with van der Waals surface area (Å²) < 4.78 is 10.6. The zero-order valence-electron chi connectivity index (χ0n) is 10.5. The average molecular weight is 223 g/mol. The second-order valence-electron chi connectivity index (χ2n) is 4.34. The molecule has 1 rings (SSSR count). The summed E-state index contributed by atoms with van der Waals surface area (Å²) in [4.78, 5) is 0. The van der Waals surface area contributed by atoms with Crippen LogP contribution >= 0.6 is 0 Å². The smallest absolute Gasteiger partial charge is 0.141 e. The molecule has 0 spiro atoms. The first-order valence-electron chi connectivity index (χ1n) is 5.51. The fourth-order valence-corrected chi connectivity index (χ4v) is 1.39. The first kappa shape index (κ1) is 12.8. The van der Waals surface area contributed by atoms with Crippen molar-refractivity contribution < 1.29 is 9.47 Å². The molecule has 0 atom stereocenters. The molecule has 0 fully saturated rings. The van der Waals surface area contributed by atoms with Crippen molar-refractivity contribution in [2.75, 3.05) is 26.1 Å². The van der Waals surface area contributed by atoms with Crippen LogP contribution in [0.15, 0.2) is 24.3 Å². The highest BCUT2D eigenvalue weighted by molar-refractivity contribution is 5.55. The van der Waals surface area contributed by atoms with E-state index in [0.717, 1.165) is 24.4 Å². The van der Waals surface area contributed by atoms with Crippen LogP contribution in [0.2, 0.25) is 0 Å². The van der Waals surface area contributed by atoms with Gasteiger partial charge in [0.25, 0.3) is 0 Å². The molecule has 0 amide bonds. The Morgan fingerprint density at radius 1 is 1.19 bits per heavy atom. The summed E-state index contributed by atoms with van der Waals surface area (Å²) in [6.07, 6.45) is 0.946. The third-order valence-electron chi connectivity index (χ3n) is 2.70. The third-order valence-corrected chi connectivity index (χ3v) is 2.70. The van der Waals surface area contributed by atoms with Gasteiger partial charge in [-0.25, -0.2) is 0 Å². The van der Waals surface area contributed by atoms with Crippen molar-refractivity contribution in [2.45, 2.75) is 25.9 Å². The van der Waals surface area contributed by atoms with Crippen LogP contribution in [0.25, 0.3) is 0 Å². The second-order valence-corrected chi connectivity index (χ2v) is 4.34. The van der Waals surface area contributed by atoms with Gasteiger partial charge in [-0.15, -0.1) is 0 Å². The number of benzene rings is 1. The molecule has 0 bridgehead atoms. The number of methoxy groups -OCH3 is 2. The van der Waals surface area contributed by atoms with Gasteiger partial charge in [-0.05, 0) is 32.4 Å². The maximum Gasteiger partial charge on any atom is 0.141 e. The van der Waals surface area contributed by atoms with Gasteiger partial charge >= 0.3 is 0 Å². The number of ether oxygens (including phenoxy) is 2. The Morgan fingerprint density at radius 2 is 1.88 bits per heavy atom. The normalized spacial score (nSPS) is 11.2. The molecule has 1 N–H and O–H groups in total. The number of hydrogen-bond donors (Lipinski definition) is 1. The number of hydrogen-bond acceptors (Lipinski definition) is 3. The van der Waals surface area contributed by atoms with E-state index < -0.39 is 0 Å². The summed E-state index contributed by atoms with van der Waals surface area (Å²) in [5.41, 5.74) is 0.937. The molecule has 90 valence electrons. The van der Waals surface area contributed by atoms with Gasteiger partial charge in [0.05, 0.1) is 18.4 Å². The van der Waals surface area contributed by atoms with E-state index in [9.17, 15) is 0 Å². The second kappa shape index (κ2) is 5.75. The molecule has 0 heterocycles. The van der Waals surface area contributed by atoms with E-state index in [-0.39, 0.29) is 5.60 Å². The van der Waals surface area contributed by atoms with Gasteiger partial charge in [-0.3, -0.25) is 0 Å². The molecule has 3 heteroatoms. The molecular formula is C13H21NO2. The lowest BCUT2D eigenvalue weighted by atomic mass is 10.1. The molecule has 16 heavy (non-hydrogen) atoms. The van der Waals surface area contributed by atoms with Crippen molar-refractivity contribution in [3.63, 3.8) is 0 Å². The Morgan fingerprint density at radius 3 is 2.50 bits per heavy atom. The molecule has 1 aromatic rings. The molecule has 3 nitrogen and oxygen atoms in total. The highest BCUT2D eigenvalue weighted by atomic mass is 16.5. The molecule has 1 aromatic carbocycles. The third kappa shape index (κ3) is 3.74. The summed E-state index contributed by atoms with van der Waals surface area (Å²) in [6.45, 7) is 5.02. The van der Waals surface area contributed by atoms with Crippen LogP contribution < -0.4 is 10.1 Å². The maximum atomic E-state index is 5.36. The average Bonchev–Trinajstić information content (AvgIpc) is 2.29. The first-order valence-corrected chi connectivity index (χ1v) is 5.51. The molecular weight excluding hydrogens is 202 g/mol. The number of anilines is 1. The van der Waals surface area contributed by atoms with E-state index in [1.165, 1.54) is 0 Å². The Kier molecular flexibility index (Phi) is 4.62. The summed E-state index contributed by atoms with van der Waals surface area (Å²) >= 11 is 0. The fraction of sp³-hybridized carbons (Fsp3) is 0.538. The van der Waals surface area contributed by atoms with E-state index in [4.69, 9.17) is 9.47 Å². The SMILES string of the molecule is COc1ccccc1NCCC(C)(C)OC. The van der Waals surface area contributed by atoms with Crippen LogP contribution in [0.3, 0.4) is 0 Å². The highest BCUT2D eigenvalue weighted by Gasteiger charge is 2.15. The van der Waals surface area contributed by atoms with Crippen molar-refractivity contribution in [1.29, 1.82) is 0 Å². The zero-order chi connectivity index (χ0) is 12.0. The van der Waals surface area contributed by atoms with Gasteiger partial charge in [0, 0.05) is 13.7 Å². The largest absolute Gasteiger partial charge is 0.495 e. The van der Waals surface area contributed by atoms with Gasteiger partial charge in [0.2, 0.25) is 0 Å². The lowest BCUT2D eigenvalue weighted by Crippen LogP contribution is -2.25. The molecule has 0 aliphatic rings. The van der Waals surface area contributed by atoms with Crippen molar-refractivity contribution in [2.24, 2.45) is 0 Å². The van der Waals surface area contributed by atoms with Gasteiger partial charge in [0.1, 0.15) is 5.75 Å². The lowest BCUT2D eigenvalue weighted by Gasteiger charge is -2.23. The maximum absolute atomic E-state index is 5.36. The van der Waals surface area contributed by atoms with Crippen molar-refractivity contribution >= 4 is 5.69 Å². The predicted molar refractivity (Wildman–Crippen MR) is 67.2 cm³/mol. The summed E-state index contributed by atoms with van der Waals surface area (Å²) in [5, 5.41) is 3.35. The van der Waals surface area contributed by atoms with Gasteiger partial charge in [-0.2, -0.15) is 0 Å². The zero-order valence-corrected chi connectivity index (χ0v) is 10.5. The van der Waals surface area contributed by atoms with Crippen LogP contribution in [-0.2, 0) is 4.74 Å².